The van der Waals surface area contributed by atoms with Crippen LogP contribution in [0, 0.1) is 0 Å². The van der Waals surface area contributed by atoms with Gasteiger partial charge in [0.25, 0.3) is 0 Å². The Morgan fingerprint density at radius 2 is 2.08 bits per heavy atom. The third kappa shape index (κ3) is 3.23. The second-order valence-electron chi connectivity index (χ2n) is 6.72. The Bertz CT molecular complexity index is 700. The van der Waals surface area contributed by atoms with Gasteiger partial charge in [0.15, 0.2) is 0 Å². The Hall–Kier alpha value is -1.72. The van der Waals surface area contributed by atoms with Crippen molar-refractivity contribution in [3.8, 4) is 0 Å². The van der Waals surface area contributed by atoms with Crippen LogP contribution < -0.4 is 0 Å². The largest absolute Gasteiger partial charge is 0.337 e. The number of aromatic nitrogens is 1. The zero-order valence-electron chi connectivity index (χ0n) is 13.9. The summed E-state index contributed by atoms with van der Waals surface area (Å²) in [6.07, 6.45) is 7.99. The summed E-state index contributed by atoms with van der Waals surface area (Å²) in [4.78, 5) is 23.1. The molecule has 2 aromatic heterocycles. The van der Waals surface area contributed by atoms with Crippen LogP contribution in [0.2, 0.25) is 0 Å². The summed E-state index contributed by atoms with van der Waals surface area (Å²) in [7, 11) is 0. The molecule has 0 radical (unpaired) electrons. The molecule has 126 valence electrons. The van der Waals surface area contributed by atoms with Gasteiger partial charge in [-0.25, -0.2) is 0 Å². The van der Waals surface area contributed by atoms with Crippen molar-refractivity contribution < 1.29 is 4.79 Å². The van der Waals surface area contributed by atoms with Gasteiger partial charge in [-0.1, -0.05) is 6.42 Å². The second kappa shape index (κ2) is 7.03. The topological polar surface area (TPSA) is 36.4 Å². The lowest BCUT2D eigenvalue weighted by atomic mass is 9.98. The number of carbonyl (C=O) groups excluding carboxylic acids is 1. The summed E-state index contributed by atoms with van der Waals surface area (Å²) in [6, 6.07) is 6.31. The minimum absolute atomic E-state index is 0.0344. The number of hydrogen-bond donors (Lipinski definition) is 0. The number of piperidine rings is 1. The maximum absolute atomic E-state index is 13.2. The fourth-order valence-corrected chi connectivity index (χ4v) is 4.72. The summed E-state index contributed by atoms with van der Waals surface area (Å²) < 4.78 is 0. The highest BCUT2D eigenvalue weighted by atomic mass is 32.1. The lowest BCUT2D eigenvalue weighted by Gasteiger charge is -2.38. The van der Waals surface area contributed by atoms with Gasteiger partial charge in [-0.15, -0.1) is 11.3 Å². The van der Waals surface area contributed by atoms with E-state index in [4.69, 9.17) is 0 Å². The van der Waals surface area contributed by atoms with Crippen molar-refractivity contribution in [1.29, 1.82) is 0 Å². The van der Waals surface area contributed by atoms with E-state index in [1.54, 1.807) is 0 Å². The minimum Gasteiger partial charge on any atom is -0.337 e. The smallest absolute Gasteiger partial charge is 0.240 e. The molecular formula is C19H23N3OS. The van der Waals surface area contributed by atoms with E-state index >= 15 is 0 Å². The standard InChI is InChI=1S/C19H23N3OS/c23-19(22-11-6-18-16(14-22)7-12-24-18)17-3-1-2-10-21(17)13-15-4-8-20-9-5-15/h4-5,7-9,12,17H,1-3,6,10-11,13-14H2/t17-/m1/s1. The maximum atomic E-state index is 13.2. The highest BCUT2D eigenvalue weighted by Gasteiger charge is 2.33. The summed E-state index contributed by atoms with van der Waals surface area (Å²) in [5, 5.41) is 2.15. The maximum Gasteiger partial charge on any atom is 0.240 e. The molecule has 0 bridgehead atoms. The number of hydrogen-bond acceptors (Lipinski definition) is 4. The number of thiophene rings is 1. The van der Waals surface area contributed by atoms with Crippen LogP contribution >= 0.6 is 11.3 Å². The predicted octanol–water partition coefficient (Wildman–Crippen LogP) is 3.08. The monoisotopic (exact) mass is 341 g/mol. The molecule has 0 N–H and O–H groups in total. The van der Waals surface area contributed by atoms with Crippen LogP contribution in [0.3, 0.4) is 0 Å². The number of nitrogens with zero attached hydrogens (tertiary/aromatic N) is 3. The van der Waals surface area contributed by atoms with Gasteiger partial charge >= 0.3 is 0 Å². The molecule has 24 heavy (non-hydrogen) atoms. The van der Waals surface area contributed by atoms with Crippen molar-refractivity contribution in [2.45, 2.75) is 44.8 Å². The van der Waals surface area contributed by atoms with Crippen LogP contribution in [-0.2, 0) is 24.3 Å². The van der Waals surface area contributed by atoms with Gasteiger partial charge in [-0.05, 0) is 60.5 Å². The van der Waals surface area contributed by atoms with Crippen molar-refractivity contribution in [3.05, 3.63) is 52.0 Å². The molecule has 4 heterocycles. The first kappa shape index (κ1) is 15.8. The quantitative estimate of drug-likeness (QED) is 0.861. The molecule has 0 saturated carbocycles. The fourth-order valence-electron chi connectivity index (χ4n) is 3.83. The molecule has 2 aromatic rings. The minimum atomic E-state index is 0.0344. The Morgan fingerprint density at radius 3 is 2.96 bits per heavy atom. The summed E-state index contributed by atoms with van der Waals surface area (Å²) in [6.45, 7) is 3.51. The van der Waals surface area contributed by atoms with Crippen LogP contribution in [0.15, 0.2) is 36.0 Å². The van der Waals surface area contributed by atoms with E-state index in [-0.39, 0.29) is 6.04 Å². The van der Waals surface area contributed by atoms with Gasteiger partial charge in [-0.3, -0.25) is 14.7 Å². The molecule has 1 amide bonds. The summed E-state index contributed by atoms with van der Waals surface area (Å²) in [5.74, 6) is 0.320. The normalized spacial score (nSPS) is 21.5. The molecule has 0 spiro atoms. The van der Waals surface area contributed by atoms with Crippen molar-refractivity contribution in [2.24, 2.45) is 0 Å². The van der Waals surface area contributed by atoms with E-state index in [0.717, 1.165) is 45.4 Å². The highest BCUT2D eigenvalue weighted by molar-refractivity contribution is 7.10. The lowest BCUT2D eigenvalue weighted by Crippen LogP contribution is -2.51. The Morgan fingerprint density at radius 1 is 1.21 bits per heavy atom. The van der Waals surface area contributed by atoms with Crippen LogP contribution in [-0.4, -0.2) is 39.8 Å². The van der Waals surface area contributed by atoms with E-state index in [1.165, 1.54) is 22.4 Å². The summed E-state index contributed by atoms with van der Waals surface area (Å²) >= 11 is 1.82. The molecule has 1 atom stereocenters. The zero-order valence-corrected chi connectivity index (χ0v) is 14.7. The second-order valence-corrected chi connectivity index (χ2v) is 7.72. The van der Waals surface area contributed by atoms with Crippen LogP contribution in [0.1, 0.15) is 35.3 Å². The van der Waals surface area contributed by atoms with E-state index in [0.29, 0.717) is 5.91 Å². The molecule has 4 rings (SSSR count). The molecule has 0 aromatic carbocycles. The lowest BCUT2D eigenvalue weighted by molar-refractivity contribution is -0.139. The molecule has 0 unspecified atom stereocenters. The molecule has 1 saturated heterocycles. The van der Waals surface area contributed by atoms with Crippen molar-refractivity contribution in [2.75, 3.05) is 13.1 Å². The van der Waals surface area contributed by atoms with Crippen LogP contribution in [0.4, 0.5) is 0 Å². The Balaban J connectivity index is 1.47. The van der Waals surface area contributed by atoms with Crippen LogP contribution in [0.25, 0.3) is 0 Å². The SMILES string of the molecule is O=C([C@H]1CCCCN1Cc1ccncc1)N1CCc2sccc2C1. The van der Waals surface area contributed by atoms with E-state index < -0.39 is 0 Å². The molecule has 4 nitrogen and oxygen atoms in total. The Kier molecular flexibility index (Phi) is 4.63. The molecule has 0 aliphatic carbocycles. The molecular weight excluding hydrogens is 318 g/mol. The first-order chi connectivity index (χ1) is 11.8. The van der Waals surface area contributed by atoms with Gasteiger partial charge in [-0.2, -0.15) is 0 Å². The number of pyridine rings is 1. The Labute approximate surface area is 147 Å². The number of amides is 1. The van der Waals surface area contributed by atoms with E-state index in [2.05, 4.69) is 38.4 Å². The molecule has 5 heteroatoms. The predicted molar refractivity (Wildman–Crippen MR) is 95.7 cm³/mol. The summed E-state index contributed by atoms with van der Waals surface area (Å²) in [5.41, 5.74) is 2.58. The number of fused-ring (bicyclic) bond motifs is 1. The van der Waals surface area contributed by atoms with Gasteiger partial charge < -0.3 is 4.90 Å². The van der Waals surface area contributed by atoms with E-state index in [9.17, 15) is 4.79 Å². The van der Waals surface area contributed by atoms with E-state index in [1.807, 2.05) is 23.7 Å². The first-order valence-electron chi connectivity index (χ1n) is 8.78. The van der Waals surface area contributed by atoms with Gasteiger partial charge in [0.1, 0.15) is 0 Å². The van der Waals surface area contributed by atoms with Crippen molar-refractivity contribution in [3.63, 3.8) is 0 Å². The number of likely N-dealkylation sites (tertiary alicyclic amines) is 1. The fraction of sp³-hybridized carbons (Fsp3) is 0.474. The third-order valence-corrected chi connectivity index (χ3v) is 6.18. The van der Waals surface area contributed by atoms with Gasteiger partial charge in [0.2, 0.25) is 5.91 Å². The number of carbonyl (C=O) groups is 1. The van der Waals surface area contributed by atoms with Gasteiger partial charge in [0.05, 0.1) is 6.04 Å². The number of rotatable bonds is 3. The van der Waals surface area contributed by atoms with Crippen molar-refractivity contribution >= 4 is 17.2 Å². The highest BCUT2D eigenvalue weighted by Crippen LogP contribution is 2.27. The molecule has 2 aliphatic rings. The average Bonchev–Trinajstić information content (AvgIpc) is 3.10. The third-order valence-electron chi connectivity index (χ3n) is 5.15. The van der Waals surface area contributed by atoms with Crippen molar-refractivity contribution in [1.82, 2.24) is 14.8 Å². The molecule has 1 fully saturated rings. The zero-order chi connectivity index (χ0) is 16.4. The molecule has 2 aliphatic heterocycles. The van der Waals surface area contributed by atoms with Gasteiger partial charge in [0, 0.05) is 36.9 Å². The average molecular weight is 341 g/mol. The first-order valence-corrected chi connectivity index (χ1v) is 9.66. The van der Waals surface area contributed by atoms with Crippen LogP contribution in [0.5, 0.6) is 0 Å².